The minimum Gasteiger partial charge on any atom is -0.481 e. The van der Waals surface area contributed by atoms with E-state index in [0.717, 1.165) is 6.42 Å². The highest BCUT2D eigenvalue weighted by Gasteiger charge is 2.74. The third-order valence-electron chi connectivity index (χ3n) is 6.40. The summed E-state index contributed by atoms with van der Waals surface area (Å²) in [5.41, 5.74) is 0.520. The van der Waals surface area contributed by atoms with Gasteiger partial charge in [-0.1, -0.05) is 19.9 Å². The molecule has 2 heteroatoms. The Hall–Kier alpha value is -0.790. The summed E-state index contributed by atoms with van der Waals surface area (Å²) in [7, 11) is 0. The van der Waals surface area contributed by atoms with Gasteiger partial charge in [0, 0.05) is 0 Å². The van der Waals surface area contributed by atoms with Crippen LogP contribution in [0.2, 0.25) is 0 Å². The highest BCUT2D eigenvalue weighted by Crippen LogP contribution is 2.80. The molecule has 3 aliphatic rings. The summed E-state index contributed by atoms with van der Waals surface area (Å²) in [6, 6.07) is 0. The van der Waals surface area contributed by atoms with Crippen molar-refractivity contribution in [1.29, 1.82) is 0 Å². The molecule has 0 aromatic carbocycles. The molecule has 2 nitrogen and oxygen atoms in total. The zero-order chi connectivity index (χ0) is 12.5. The van der Waals surface area contributed by atoms with Crippen LogP contribution in [0.4, 0.5) is 0 Å². The van der Waals surface area contributed by atoms with Gasteiger partial charge in [-0.25, -0.2) is 0 Å². The Morgan fingerprint density at radius 2 is 2.18 bits per heavy atom. The molecule has 0 spiro atoms. The van der Waals surface area contributed by atoms with E-state index in [1.165, 1.54) is 19.3 Å². The van der Waals surface area contributed by atoms with Gasteiger partial charge >= 0.3 is 5.97 Å². The molecule has 2 bridgehead atoms. The molecule has 3 rings (SSSR count). The smallest absolute Gasteiger partial charge is 0.303 e. The highest BCUT2D eigenvalue weighted by atomic mass is 16.4. The van der Waals surface area contributed by atoms with E-state index in [0.29, 0.717) is 23.7 Å². The Bertz CT molecular complexity index is 402. The van der Waals surface area contributed by atoms with Crippen LogP contribution >= 0.6 is 0 Å². The Morgan fingerprint density at radius 1 is 1.47 bits per heavy atom. The molecule has 1 unspecified atom stereocenters. The highest BCUT2D eigenvalue weighted by molar-refractivity contribution is 5.68. The zero-order valence-corrected chi connectivity index (χ0v) is 10.8. The van der Waals surface area contributed by atoms with Crippen LogP contribution in [0.15, 0.2) is 12.7 Å². The standard InChI is InChI=1S/C15H22O2/c1-4-15-9-13(2)6-5-10(11(15)7-13)14(15,3)8-12(16)17/h4,10-11H,1,5-9H2,2-3H3,(H,16,17)/t10-,11?,13-,14-,15+/m0/s1. The van der Waals surface area contributed by atoms with Crippen LogP contribution in [-0.4, -0.2) is 11.1 Å². The van der Waals surface area contributed by atoms with Gasteiger partial charge < -0.3 is 5.11 Å². The van der Waals surface area contributed by atoms with E-state index in [9.17, 15) is 9.90 Å². The van der Waals surface area contributed by atoms with Gasteiger partial charge in [-0.05, 0) is 53.8 Å². The molecule has 0 radical (unpaired) electrons. The number of carboxylic acid groups (broad SMARTS) is 1. The van der Waals surface area contributed by atoms with Gasteiger partial charge in [-0.2, -0.15) is 0 Å². The van der Waals surface area contributed by atoms with Crippen molar-refractivity contribution in [1.82, 2.24) is 0 Å². The van der Waals surface area contributed by atoms with Crippen LogP contribution in [0.5, 0.6) is 0 Å². The topological polar surface area (TPSA) is 37.3 Å². The lowest BCUT2D eigenvalue weighted by Gasteiger charge is -2.65. The summed E-state index contributed by atoms with van der Waals surface area (Å²) < 4.78 is 0. The fourth-order valence-corrected chi connectivity index (χ4v) is 5.72. The fourth-order valence-electron chi connectivity index (χ4n) is 5.72. The Labute approximate surface area is 103 Å². The van der Waals surface area contributed by atoms with Crippen molar-refractivity contribution in [3.05, 3.63) is 12.7 Å². The SMILES string of the molecule is C=C[C@@]12C[C@@]3(C)CC[C@@H](C1C3)[C@]2(C)CC(=O)O. The molecule has 0 heterocycles. The van der Waals surface area contributed by atoms with Crippen molar-refractivity contribution in [3.63, 3.8) is 0 Å². The molecule has 0 aromatic heterocycles. The number of carbonyl (C=O) groups is 1. The lowest BCUT2D eigenvalue weighted by Crippen LogP contribution is -2.61. The zero-order valence-electron chi connectivity index (χ0n) is 10.8. The summed E-state index contributed by atoms with van der Waals surface area (Å²) in [6.07, 6.45) is 7.37. The van der Waals surface area contributed by atoms with Gasteiger partial charge in [0.1, 0.15) is 0 Å². The van der Waals surface area contributed by atoms with Gasteiger partial charge in [0.25, 0.3) is 0 Å². The van der Waals surface area contributed by atoms with Crippen LogP contribution in [0.3, 0.4) is 0 Å². The molecule has 3 saturated carbocycles. The van der Waals surface area contributed by atoms with E-state index in [1.807, 2.05) is 0 Å². The van der Waals surface area contributed by atoms with Gasteiger partial charge in [-0.15, -0.1) is 6.58 Å². The largest absolute Gasteiger partial charge is 0.481 e. The second kappa shape index (κ2) is 2.96. The molecule has 0 aromatic rings. The summed E-state index contributed by atoms with van der Waals surface area (Å²) in [5, 5.41) is 9.20. The van der Waals surface area contributed by atoms with Crippen LogP contribution in [-0.2, 0) is 4.79 Å². The minimum atomic E-state index is -0.646. The van der Waals surface area contributed by atoms with E-state index in [4.69, 9.17) is 0 Å². The molecule has 0 aliphatic heterocycles. The minimum absolute atomic E-state index is 0.0422. The molecule has 1 N–H and O–H groups in total. The summed E-state index contributed by atoms with van der Waals surface area (Å²) >= 11 is 0. The monoisotopic (exact) mass is 234 g/mol. The van der Waals surface area contributed by atoms with E-state index in [1.54, 1.807) is 0 Å². The average Bonchev–Trinajstić information content (AvgIpc) is 2.37. The van der Waals surface area contributed by atoms with E-state index in [-0.39, 0.29) is 10.8 Å². The number of rotatable bonds is 3. The number of allylic oxidation sites excluding steroid dienone is 1. The molecule has 0 saturated heterocycles. The molecule has 94 valence electrons. The number of hydrogen-bond acceptors (Lipinski definition) is 1. The second-order valence-corrected chi connectivity index (χ2v) is 7.18. The number of carboxylic acids is 1. The lowest BCUT2D eigenvalue weighted by atomic mass is 9.38. The van der Waals surface area contributed by atoms with E-state index < -0.39 is 5.97 Å². The molecule has 0 amide bonds. The fraction of sp³-hybridized carbons (Fsp3) is 0.800. The van der Waals surface area contributed by atoms with Crippen molar-refractivity contribution >= 4 is 5.97 Å². The maximum Gasteiger partial charge on any atom is 0.303 e. The van der Waals surface area contributed by atoms with Gasteiger partial charge in [0.05, 0.1) is 6.42 Å². The molecular formula is C15H22O2. The van der Waals surface area contributed by atoms with Crippen molar-refractivity contribution in [2.24, 2.45) is 28.1 Å². The molecule has 17 heavy (non-hydrogen) atoms. The summed E-state index contributed by atoms with van der Waals surface area (Å²) in [4.78, 5) is 11.2. The second-order valence-electron chi connectivity index (χ2n) is 7.18. The van der Waals surface area contributed by atoms with Crippen LogP contribution in [0, 0.1) is 28.1 Å². The van der Waals surface area contributed by atoms with Crippen molar-refractivity contribution in [2.75, 3.05) is 0 Å². The Balaban J connectivity index is 2.03. The van der Waals surface area contributed by atoms with E-state index >= 15 is 0 Å². The number of aliphatic carboxylic acids is 1. The third-order valence-corrected chi connectivity index (χ3v) is 6.40. The quantitative estimate of drug-likeness (QED) is 0.759. The van der Waals surface area contributed by atoms with Crippen LogP contribution in [0.25, 0.3) is 0 Å². The first-order valence-corrected chi connectivity index (χ1v) is 6.72. The summed E-state index contributed by atoms with van der Waals surface area (Å²) in [6.45, 7) is 8.63. The normalized spacial score (nSPS) is 55.2. The molecule has 3 fully saturated rings. The van der Waals surface area contributed by atoms with Crippen molar-refractivity contribution in [3.8, 4) is 0 Å². The predicted molar refractivity (Wildman–Crippen MR) is 66.5 cm³/mol. The van der Waals surface area contributed by atoms with Crippen LogP contribution in [0.1, 0.15) is 46.0 Å². The molecular weight excluding hydrogens is 212 g/mol. The van der Waals surface area contributed by atoms with Crippen LogP contribution < -0.4 is 0 Å². The first-order chi connectivity index (χ1) is 7.87. The molecule has 5 atom stereocenters. The van der Waals surface area contributed by atoms with Gasteiger partial charge in [0.2, 0.25) is 0 Å². The maximum atomic E-state index is 11.2. The number of fused-ring (bicyclic) bond motifs is 1. The predicted octanol–water partition coefficient (Wildman–Crippen LogP) is 3.48. The third kappa shape index (κ3) is 1.10. The Kier molecular flexibility index (Phi) is 1.97. The maximum absolute atomic E-state index is 11.2. The van der Waals surface area contributed by atoms with Gasteiger partial charge in [-0.3, -0.25) is 4.79 Å². The lowest BCUT2D eigenvalue weighted by molar-refractivity contribution is -0.176. The van der Waals surface area contributed by atoms with E-state index in [2.05, 4.69) is 26.5 Å². The first-order valence-electron chi connectivity index (χ1n) is 6.72. The van der Waals surface area contributed by atoms with Gasteiger partial charge in [0.15, 0.2) is 0 Å². The van der Waals surface area contributed by atoms with Crippen molar-refractivity contribution in [2.45, 2.75) is 46.0 Å². The average molecular weight is 234 g/mol. The Morgan fingerprint density at radius 3 is 2.76 bits per heavy atom. The summed E-state index contributed by atoms with van der Waals surface area (Å²) in [5.74, 6) is 0.683. The first kappa shape index (κ1) is 11.3. The number of hydrogen-bond donors (Lipinski definition) is 1. The van der Waals surface area contributed by atoms with Crippen molar-refractivity contribution < 1.29 is 9.90 Å². The molecule has 3 aliphatic carbocycles.